The normalized spacial score (nSPS) is 11.1. The van der Waals surface area contributed by atoms with Crippen LogP contribution >= 0.6 is 11.3 Å². The molecular weight excluding hydrogens is 298 g/mol. The van der Waals surface area contributed by atoms with E-state index in [0.29, 0.717) is 17.4 Å². The highest BCUT2D eigenvalue weighted by atomic mass is 32.1. The lowest BCUT2D eigenvalue weighted by molar-refractivity contribution is 0.0915. The number of hydrogen-bond acceptors (Lipinski definition) is 5. The van der Waals surface area contributed by atoms with Crippen LogP contribution in [0.2, 0.25) is 0 Å². The molecule has 0 unspecified atom stereocenters. The highest BCUT2D eigenvalue weighted by Crippen LogP contribution is 2.23. The molecule has 2 aromatic rings. The number of nitrogens with zero attached hydrogens (tertiary/aromatic N) is 1. The largest absolute Gasteiger partial charge is 0.494 e. The summed E-state index contributed by atoms with van der Waals surface area (Å²) in [5, 5.41) is 8.51. The Morgan fingerprint density at radius 2 is 1.95 bits per heavy atom. The summed E-state index contributed by atoms with van der Waals surface area (Å²) in [4.78, 5) is 16.3. The summed E-state index contributed by atoms with van der Waals surface area (Å²) in [5.74, 6) is 0.668. The lowest BCUT2D eigenvalue weighted by Crippen LogP contribution is -2.40. The average Bonchev–Trinajstić information content (AvgIpc) is 2.88. The molecule has 0 radical (unpaired) electrons. The molecular formula is C16H21N3O2S. The Labute approximate surface area is 134 Å². The molecule has 22 heavy (non-hydrogen) atoms. The number of anilines is 2. The van der Waals surface area contributed by atoms with E-state index in [2.05, 4.69) is 15.6 Å². The van der Waals surface area contributed by atoms with E-state index < -0.39 is 0 Å². The number of aromatic nitrogens is 1. The van der Waals surface area contributed by atoms with Crippen molar-refractivity contribution in [1.82, 2.24) is 10.3 Å². The first-order valence-electron chi connectivity index (χ1n) is 7.15. The lowest BCUT2D eigenvalue weighted by Gasteiger charge is -2.19. The van der Waals surface area contributed by atoms with Gasteiger partial charge in [-0.15, -0.1) is 11.3 Å². The molecule has 0 atom stereocenters. The van der Waals surface area contributed by atoms with Crippen LogP contribution in [0.4, 0.5) is 10.8 Å². The molecule has 0 bridgehead atoms. The predicted octanol–water partition coefficient (Wildman–Crippen LogP) is 3.81. The van der Waals surface area contributed by atoms with Crippen molar-refractivity contribution in [2.24, 2.45) is 0 Å². The molecule has 2 rings (SSSR count). The summed E-state index contributed by atoms with van der Waals surface area (Å²) in [6, 6.07) is 7.63. The Morgan fingerprint density at radius 1 is 1.27 bits per heavy atom. The van der Waals surface area contributed by atoms with Crippen molar-refractivity contribution in [3.8, 4) is 5.75 Å². The van der Waals surface area contributed by atoms with Gasteiger partial charge in [-0.05, 0) is 52.0 Å². The first-order chi connectivity index (χ1) is 10.4. The topological polar surface area (TPSA) is 63.2 Å². The van der Waals surface area contributed by atoms with Crippen molar-refractivity contribution in [3.63, 3.8) is 0 Å². The number of ether oxygens (including phenoxy) is 1. The molecule has 0 saturated carbocycles. The first kappa shape index (κ1) is 16.3. The standard InChI is InChI=1S/C16H21N3O2S/c1-5-21-12-8-6-11(7-9-12)17-15-18-13(10-22-15)14(20)19-16(2,3)4/h6-10H,5H2,1-4H3,(H,17,18)(H,19,20). The Morgan fingerprint density at radius 3 is 2.55 bits per heavy atom. The number of rotatable bonds is 5. The molecule has 0 aliphatic carbocycles. The summed E-state index contributed by atoms with van der Waals surface area (Å²) < 4.78 is 5.40. The Hall–Kier alpha value is -2.08. The minimum atomic E-state index is -0.274. The van der Waals surface area contributed by atoms with E-state index in [1.165, 1.54) is 11.3 Å². The highest BCUT2D eigenvalue weighted by molar-refractivity contribution is 7.14. The third-order valence-electron chi connectivity index (χ3n) is 2.64. The molecule has 0 fully saturated rings. The van der Waals surface area contributed by atoms with Crippen molar-refractivity contribution < 1.29 is 9.53 Å². The number of carbonyl (C=O) groups excluding carboxylic acids is 1. The van der Waals surface area contributed by atoms with Gasteiger partial charge in [0.1, 0.15) is 11.4 Å². The van der Waals surface area contributed by atoms with Crippen LogP contribution in [0.5, 0.6) is 5.75 Å². The molecule has 6 heteroatoms. The first-order valence-corrected chi connectivity index (χ1v) is 8.03. The van der Waals surface area contributed by atoms with Gasteiger partial charge in [-0.3, -0.25) is 4.79 Å². The second-order valence-electron chi connectivity index (χ2n) is 5.82. The molecule has 2 N–H and O–H groups in total. The van der Waals surface area contributed by atoms with E-state index in [1.807, 2.05) is 52.0 Å². The minimum Gasteiger partial charge on any atom is -0.494 e. The molecule has 5 nitrogen and oxygen atoms in total. The predicted molar refractivity (Wildman–Crippen MR) is 90.2 cm³/mol. The van der Waals surface area contributed by atoms with E-state index in [4.69, 9.17) is 4.74 Å². The van der Waals surface area contributed by atoms with Gasteiger partial charge in [0, 0.05) is 16.6 Å². The molecule has 118 valence electrons. The van der Waals surface area contributed by atoms with Gasteiger partial charge in [0.2, 0.25) is 0 Å². The van der Waals surface area contributed by atoms with Gasteiger partial charge in [0.25, 0.3) is 5.91 Å². The minimum absolute atomic E-state index is 0.163. The van der Waals surface area contributed by atoms with E-state index in [-0.39, 0.29) is 11.4 Å². The summed E-state index contributed by atoms with van der Waals surface area (Å²) >= 11 is 1.40. The number of amides is 1. The number of thiazole rings is 1. The number of carbonyl (C=O) groups is 1. The van der Waals surface area contributed by atoms with Crippen molar-refractivity contribution in [3.05, 3.63) is 35.3 Å². The third-order valence-corrected chi connectivity index (χ3v) is 3.40. The van der Waals surface area contributed by atoms with Crippen molar-refractivity contribution in [2.75, 3.05) is 11.9 Å². The van der Waals surface area contributed by atoms with Gasteiger partial charge in [0.15, 0.2) is 5.13 Å². The molecule has 0 spiro atoms. The fourth-order valence-electron chi connectivity index (χ4n) is 1.76. The summed E-state index contributed by atoms with van der Waals surface area (Å²) in [7, 11) is 0. The molecule has 1 amide bonds. The molecule has 1 aromatic heterocycles. The van der Waals surface area contributed by atoms with E-state index in [1.54, 1.807) is 5.38 Å². The van der Waals surface area contributed by atoms with Crippen LogP contribution in [0, 0.1) is 0 Å². The van der Waals surface area contributed by atoms with Crippen LogP contribution in [-0.4, -0.2) is 23.0 Å². The van der Waals surface area contributed by atoms with Crippen molar-refractivity contribution in [2.45, 2.75) is 33.2 Å². The van der Waals surface area contributed by atoms with Crippen LogP contribution in [0.3, 0.4) is 0 Å². The van der Waals surface area contributed by atoms with Gasteiger partial charge in [-0.1, -0.05) is 0 Å². The van der Waals surface area contributed by atoms with Gasteiger partial charge in [0.05, 0.1) is 6.61 Å². The maximum Gasteiger partial charge on any atom is 0.271 e. The van der Waals surface area contributed by atoms with Crippen molar-refractivity contribution in [1.29, 1.82) is 0 Å². The Bertz CT molecular complexity index is 630. The van der Waals surface area contributed by atoms with Gasteiger partial charge >= 0.3 is 0 Å². The Kier molecular flexibility index (Phi) is 5.03. The molecule has 1 heterocycles. The number of benzene rings is 1. The van der Waals surface area contributed by atoms with Gasteiger partial charge in [-0.25, -0.2) is 4.98 Å². The zero-order valence-electron chi connectivity index (χ0n) is 13.3. The van der Waals surface area contributed by atoms with Crippen molar-refractivity contribution >= 4 is 28.1 Å². The van der Waals surface area contributed by atoms with Crippen LogP contribution in [0.25, 0.3) is 0 Å². The average molecular weight is 319 g/mol. The summed E-state index contributed by atoms with van der Waals surface area (Å²) in [5.41, 5.74) is 1.05. The van der Waals surface area contributed by atoms with E-state index >= 15 is 0 Å². The summed E-state index contributed by atoms with van der Waals surface area (Å²) in [6.45, 7) is 8.42. The molecule has 0 aliphatic rings. The zero-order valence-corrected chi connectivity index (χ0v) is 14.1. The molecule has 0 aliphatic heterocycles. The monoisotopic (exact) mass is 319 g/mol. The van der Waals surface area contributed by atoms with Gasteiger partial charge < -0.3 is 15.4 Å². The van der Waals surface area contributed by atoms with Gasteiger partial charge in [-0.2, -0.15) is 0 Å². The Balaban J connectivity index is 2.01. The maximum absolute atomic E-state index is 12.0. The third kappa shape index (κ3) is 4.73. The fraction of sp³-hybridized carbons (Fsp3) is 0.375. The highest BCUT2D eigenvalue weighted by Gasteiger charge is 2.17. The van der Waals surface area contributed by atoms with E-state index in [0.717, 1.165) is 11.4 Å². The van der Waals surface area contributed by atoms with Crippen LogP contribution < -0.4 is 15.4 Å². The molecule has 0 saturated heterocycles. The van der Waals surface area contributed by atoms with Crippen LogP contribution in [-0.2, 0) is 0 Å². The number of hydrogen-bond donors (Lipinski definition) is 2. The van der Waals surface area contributed by atoms with Crippen LogP contribution in [0.15, 0.2) is 29.6 Å². The SMILES string of the molecule is CCOc1ccc(Nc2nc(C(=O)NC(C)(C)C)cs2)cc1. The van der Waals surface area contributed by atoms with E-state index in [9.17, 15) is 4.79 Å². The smallest absolute Gasteiger partial charge is 0.271 e. The zero-order chi connectivity index (χ0) is 16.2. The maximum atomic E-state index is 12.0. The second kappa shape index (κ2) is 6.79. The quantitative estimate of drug-likeness (QED) is 0.879. The fourth-order valence-corrected chi connectivity index (χ4v) is 2.48. The lowest BCUT2D eigenvalue weighted by atomic mass is 10.1. The molecule has 1 aromatic carbocycles. The second-order valence-corrected chi connectivity index (χ2v) is 6.68. The summed E-state index contributed by atoms with van der Waals surface area (Å²) in [6.07, 6.45) is 0. The van der Waals surface area contributed by atoms with Crippen LogP contribution in [0.1, 0.15) is 38.2 Å². The number of nitrogens with one attached hydrogen (secondary N) is 2.